The van der Waals surface area contributed by atoms with Crippen LogP contribution in [0.15, 0.2) is 0 Å². The van der Waals surface area contributed by atoms with E-state index in [2.05, 4.69) is 13.8 Å². The number of carbonyl (C=O) groups excluding carboxylic acids is 1. The Morgan fingerprint density at radius 2 is 2.00 bits per heavy atom. The lowest BCUT2D eigenvalue weighted by Gasteiger charge is -2.20. The summed E-state index contributed by atoms with van der Waals surface area (Å²) in [5.41, 5.74) is 0. The van der Waals surface area contributed by atoms with Crippen LogP contribution in [0.5, 0.6) is 0 Å². The number of ketones is 1. The fourth-order valence-corrected chi connectivity index (χ4v) is 2.80. The Kier molecular flexibility index (Phi) is 5.61. The van der Waals surface area contributed by atoms with E-state index in [-0.39, 0.29) is 0 Å². The van der Waals surface area contributed by atoms with Gasteiger partial charge in [0.05, 0.1) is 5.75 Å². The first-order valence-electron chi connectivity index (χ1n) is 5.88. The second-order valence-corrected chi connectivity index (χ2v) is 5.76. The molecule has 0 aromatic rings. The highest BCUT2D eigenvalue weighted by Gasteiger charge is 2.20. The molecule has 0 aromatic heterocycles. The number of carbonyl (C=O) groups is 1. The molecule has 0 bridgehead atoms. The van der Waals surface area contributed by atoms with Gasteiger partial charge in [0.2, 0.25) is 0 Å². The van der Waals surface area contributed by atoms with Gasteiger partial charge in [0.15, 0.2) is 0 Å². The molecule has 0 heterocycles. The zero-order chi connectivity index (χ0) is 10.4. The summed E-state index contributed by atoms with van der Waals surface area (Å²) in [6.07, 6.45) is 7.35. The van der Waals surface area contributed by atoms with Gasteiger partial charge < -0.3 is 0 Å². The van der Waals surface area contributed by atoms with Crippen molar-refractivity contribution in [3.8, 4) is 0 Å². The van der Waals surface area contributed by atoms with Crippen molar-refractivity contribution >= 4 is 17.5 Å². The standard InChI is InChI=1S/C12H22OS/c1-3-10(2)14-9-12(13)11-7-5-4-6-8-11/h10-11H,3-9H2,1-2H3. The fraction of sp³-hybridized carbons (Fsp3) is 0.917. The van der Waals surface area contributed by atoms with Crippen molar-refractivity contribution in [2.45, 2.75) is 57.6 Å². The first-order chi connectivity index (χ1) is 6.74. The van der Waals surface area contributed by atoms with Crippen LogP contribution in [0.1, 0.15) is 52.4 Å². The Balaban J connectivity index is 2.19. The minimum absolute atomic E-state index is 0.403. The van der Waals surface area contributed by atoms with Gasteiger partial charge in [-0.05, 0) is 19.3 Å². The molecule has 0 aliphatic heterocycles. The molecule has 1 atom stereocenters. The maximum Gasteiger partial charge on any atom is 0.145 e. The lowest BCUT2D eigenvalue weighted by molar-refractivity contribution is -0.121. The Morgan fingerprint density at radius 3 is 2.57 bits per heavy atom. The molecule has 1 fully saturated rings. The molecule has 1 aliphatic rings. The van der Waals surface area contributed by atoms with Crippen molar-refractivity contribution in [2.24, 2.45) is 5.92 Å². The summed E-state index contributed by atoms with van der Waals surface area (Å²) in [5, 5.41) is 0.641. The zero-order valence-electron chi connectivity index (χ0n) is 9.42. The summed E-state index contributed by atoms with van der Waals surface area (Å²) >= 11 is 1.83. The van der Waals surface area contributed by atoms with Crippen LogP contribution in [0.3, 0.4) is 0 Å². The van der Waals surface area contributed by atoms with Crippen LogP contribution in [-0.2, 0) is 4.79 Å². The molecule has 0 aromatic carbocycles. The fourth-order valence-electron chi connectivity index (χ4n) is 1.88. The van der Waals surface area contributed by atoms with Crippen molar-refractivity contribution in [1.29, 1.82) is 0 Å². The van der Waals surface area contributed by atoms with E-state index in [1.807, 2.05) is 11.8 Å². The molecule has 1 aliphatic carbocycles. The Morgan fingerprint density at radius 1 is 1.36 bits per heavy atom. The molecule has 0 saturated heterocycles. The molecule has 14 heavy (non-hydrogen) atoms. The van der Waals surface area contributed by atoms with Gasteiger partial charge in [0.1, 0.15) is 5.78 Å². The first kappa shape index (κ1) is 12.1. The topological polar surface area (TPSA) is 17.1 Å². The molecule has 82 valence electrons. The average molecular weight is 214 g/mol. The minimum Gasteiger partial charge on any atom is -0.298 e. The smallest absolute Gasteiger partial charge is 0.145 e. The van der Waals surface area contributed by atoms with E-state index >= 15 is 0 Å². The minimum atomic E-state index is 0.403. The summed E-state index contributed by atoms with van der Waals surface area (Å²) in [5.74, 6) is 1.66. The lowest BCUT2D eigenvalue weighted by atomic mass is 9.87. The second kappa shape index (κ2) is 6.49. The van der Waals surface area contributed by atoms with Crippen molar-refractivity contribution < 1.29 is 4.79 Å². The summed E-state index contributed by atoms with van der Waals surface area (Å²) in [6.45, 7) is 4.39. The van der Waals surface area contributed by atoms with E-state index in [9.17, 15) is 4.79 Å². The largest absolute Gasteiger partial charge is 0.298 e. The average Bonchev–Trinajstić information content (AvgIpc) is 2.26. The summed E-state index contributed by atoms with van der Waals surface area (Å²) in [6, 6.07) is 0. The van der Waals surface area contributed by atoms with Crippen LogP contribution >= 0.6 is 11.8 Å². The van der Waals surface area contributed by atoms with E-state index in [1.165, 1.54) is 25.7 Å². The van der Waals surface area contributed by atoms with E-state index in [1.54, 1.807) is 0 Å². The monoisotopic (exact) mass is 214 g/mol. The summed E-state index contributed by atoms with van der Waals surface area (Å²) in [7, 11) is 0. The third kappa shape index (κ3) is 4.04. The van der Waals surface area contributed by atoms with Crippen molar-refractivity contribution in [3.63, 3.8) is 0 Å². The molecule has 1 unspecified atom stereocenters. The molecule has 0 radical (unpaired) electrons. The Hall–Kier alpha value is 0.0200. The quantitative estimate of drug-likeness (QED) is 0.694. The van der Waals surface area contributed by atoms with E-state index in [0.29, 0.717) is 17.0 Å². The van der Waals surface area contributed by atoms with Crippen molar-refractivity contribution in [2.75, 3.05) is 5.75 Å². The van der Waals surface area contributed by atoms with Crippen LogP contribution in [-0.4, -0.2) is 16.8 Å². The molecule has 0 N–H and O–H groups in total. The number of hydrogen-bond donors (Lipinski definition) is 0. The van der Waals surface area contributed by atoms with E-state index in [4.69, 9.17) is 0 Å². The van der Waals surface area contributed by atoms with Crippen LogP contribution in [0.2, 0.25) is 0 Å². The Bertz CT molecular complexity index is 173. The highest BCUT2D eigenvalue weighted by atomic mass is 32.2. The van der Waals surface area contributed by atoms with Gasteiger partial charge in [-0.15, -0.1) is 0 Å². The van der Waals surface area contributed by atoms with Gasteiger partial charge in [0, 0.05) is 11.2 Å². The van der Waals surface area contributed by atoms with Crippen LogP contribution in [0.4, 0.5) is 0 Å². The third-order valence-corrected chi connectivity index (χ3v) is 4.50. The molecule has 1 rings (SSSR count). The number of thioether (sulfide) groups is 1. The second-order valence-electron chi connectivity index (χ2n) is 4.33. The maximum absolute atomic E-state index is 11.8. The highest BCUT2D eigenvalue weighted by Crippen LogP contribution is 2.26. The lowest BCUT2D eigenvalue weighted by Crippen LogP contribution is -2.20. The first-order valence-corrected chi connectivity index (χ1v) is 6.93. The van der Waals surface area contributed by atoms with Gasteiger partial charge >= 0.3 is 0 Å². The van der Waals surface area contributed by atoms with E-state index < -0.39 is 0 Å². The van der Waals surface area contributed by atoms with Crippen LogP contribution < -0.4 is 0 Å². The molecule has 0 spiro atoms. The zero-order valence-corrected chi connectivity index (χ0v) is 10.2. The van der Waals surface area contributed by atoms with Gasteiger partial charge in [-0.3, -0.25) is 4.79 Å². The van der Waals surface area contributed by atoms with Gasteiger partial charge in [-0.2, -0.15) is 11.8 Å². The molecular formula is C12H22OS. The van der Waals surface area contributed by atoms with E-state index in [0.717, 1.165) is 18.6 Å². The molecule has 0 amide bonds. The maximum atomic E-state index is 11.8. The van der Waals surface area contributed by atoms with Crippen molar-refractivity contribution in [1.82, 2.24) is 0 Å². The molecule has 1 nitrogen and oxygen atoms in total. The SMILES string of the molecule is CCC(C)SCC(=O)C1CCCCC1. The predicted octanol–water partition coefficient (Wildman–Crippen LogP) is 3.67. The van der Waals surface area contributed by atoms with Gasteiger partial charge in [0.25, 0.3) is 0 Å². The summed E-state index contributed by atoms with van der Waals surface area (Å²) < 4.78 is 0. The number of hydrogen-bond acceptors (Lipinski definition) is 2. The Labute approximate surface area is 92.0 Å². The van der Waals surface area contributed by atoms with Crippen LogP contribution in [0, 0.1) is 5.92 Å². The highest BCUT2D eigenvalue weighted by molar-refractivity contribution is 8.00. The normalized spacial score (nSPS) is 20.7. The predicted molar refractivity (Wildman–Crippen MR) is 63.8 cm³/mol. The summed E-state index contributed by atoms with van der Waals surface area (Å²) in [4.78, 5) is 11.8. The van der Waals surface area contributed by atoms with Gasteiger partial charge in [-0.25, -0.2) is 0 Å². The van der Waals surface area contributed by atoms with Crippen LogP contribution in [0.25, 0.3) is 0 Å². The third-order valence-electron chi connectivity index (χ3n) is 3.15. The molecule has 1 saturated carbocycles. The van der Waals surface area contributed by atoms with Crippen molar-refractivity contribution in [3.05, 3.63) is 0 Å². The molecular weight excluding hydrogens is 192 g/mol. The number of Topliss-reactive ketones (excluding diaryl/α,β-unsaturated/α-hetero) is 1. The molecule has 2 heteroatoms. The van der Waals surface area contributed by atoms with Gasteiger partial charge in [-0.1, -0.05) is 33.1 Å². The number of rotatable bonds is 5.